The van der Waals surface area contributed by atoms with Crippen LogP contribution in [0.15, 0.2) is 52.5 Å². The van der Waals surface area contributed by atoms with Crippen molar-refractivity contribution in [3.05, 3.63) is 48.0 Å². The molecule has 0 bridgehead atoms. The molecule has 0 atom stereocenters. The van der Waals surface area contributed by atoms with Crippen molar-refractivity contribution >= 4 is 28.8 Å². The number of esters is 1. The summed E-state index contributed by atoms with van der Waals surface area (Å²) < 4.78 is 10.2. The molecule has 5 nitrogen and oxygen atoms in total. The highest BCUT2D eigenvalue weighted by Gasteiger charge is 2.08. The lowest BCUT2D eigenvalue weighted by molar-refractivity contribution is 0.0600. The minimum atomic E-state index is -0.339. The van der Waals surface area contributed by atoms with Crippen LogP contribution in [0.4, 0.5) is 0 Å². The summed E-state index contributed by atoms with van der Waals surface area (Å²) in [7, 11) is 1.37. The van der Waals surface area contributed by atoms with E-state index in [-0.39, 0.29) is 5.97 Å². The number of nitrogens with zero attached hydrogens (tertiary/aromatic N) is 1. The van der Waals surface area contributed by atoms with Gasteiger partial charge in [-0.3, -0.25) is 0 Å². The fraction of sp³-hybridized carbons (Fsp3) is 0.176. The van der Waals surface area contributed by atoms with Gasteiger partial charge in [-0.05, 0) is 43.3 Å². The Hall–Kier alpha value is -2.47. The second-order valence-corrected chi connectivity index (χ2v) is 5.83. The van der Waals surface area contributed by atoms with Crippen LogP contribution in [0.25, 0.3) is 11.0 Å². The Morgan fingerprint density at radius 1 is 1.22 bits per heavy atom. The van der Waals surface area contributed by atoms with Crippen molar-refractivity contribution in [2.24, 2.45) is 0 Å². The molecule has 0 aliphatic carbocycles. The van der Waals surface area contributed by atoms with E-state index in [4.69, 9.17) is 4.74 Å². The Balaban J connectivity index is 1.79. The number of benzene rings is 2. The van der Waals surface area contributed by atoms with Gasteiger partial charge in [-0.25, -0.2) is 9.78 Å². The Labute approximate surface area is 138 Å². The number of carbonyl (C=O) groups excluding carboxylic acids is 1. The zero-order valence-electron chi connectivity index (χ0n) is 12.8. The number of methoxy groups -OCH3 is 1. The van der Waals surface area contributed by atoms with Crippen LogP contribution in [-0.2, 0) is 4.74 Å². The standard InChI is InChI=1S/C17H16N2O3S/c1-3-22-12-6-9-14-15(10-12)19-17(18-14)23-13-7-4-11(5-8-13)16(20)21-2/h4-10H,3H2,1-2H3,(H,18,19). The van der Waals surface area contributed by atoms with E-state index in [1.807, 2.05) is 37.3 Å². The van der Waals surface area contributed by atoms with Crippen LogP contribution in [0.2, 0.25) is 0 Å². The second-order valence-electron chi connectivity index (χ2n) is 4.77. The van der Waals surface area contributed by atoms with E-state index in [1.165, 1.54) is 18.9 Å². The molecule has 0 aliphatic heterocycles. The Morgan fingerprint density at radius 3 is 2.70 bits per heavy atom. The Kier molecular flexibility index (Phi) is 4.52. The van der Waals surface area contributed by atoms with Crippen LogP contribution in [0.3, 0.4) is 0 Å². The van der Waals surface area contributed by atoms with E-state index in [2.05, 4.69) is 14.7 Å². The average molecular weight is 328 g/mol. The summed E-state index contributed by atoms with van der Waals surface area (Å²) >= 11 is 1.50. The number of hydrogen-bond donors (Lipinski definition) is 1. The van der Waals surface area contributed by atoms with Crippen LogP contribution < -0.4 is 4.74 Å². The van der Waals surface area contributed by atoms with E-state index in [9.17, 15) is 4.79 Å². The summed E-state index contributed by atoms with van der Waals surface area (Å²) in [6.45, 7) is 2.59. The number of ether oxygens (including phenoxy) is 2. The van der Waals surface area contributed by atoms with Crippen molar-refractivity contribution in [1.29, 1.82) is 0 Å². The number of aromatic nitrogens is 2. The maximum absolute atomic E-state index is 11.4. The van der Waals surface area contributed by atoms with E-state index in [0.717, 1.165) is 26.8 Å². The first-order chi connectivity index (χ1) is 11.2. The first-order valence-electron chi connectivity index (χ1n) is 7.18. The third kappa shape index (κ3) is 3.48. The molecule has 3 rings (SSSR count). The van der Waals surface area contributed by atoms with E-state index >= 15 is 0 Å². The predicted octanol–water partition coefficient (Wildman–Crippen LogP) is 3.90. The Bertz CT molecular complexity index is 827. The number of H-pyrrole nitrogens is 1. The first kappa shape index (κ1) is 15.4. The van der Waals surface area contributed by atoms with Gasteiger partial charge in [0.2, 0.25) is 0 Å². The monoisotopic (exact) mass is 328 g/mol. The third-order valence-electron chi connectivity index (χ3n) is 3.23. The normalized spacial score (nSPS) is 10.7. The smallest absolute Gasteiger partial charge is 0.337 e. The first-order valence-corrected chi connectivity index (χ1v) is 8.00. The zero-order valence-corrected chi connectivity index (χ0v) is 13.6. The fourth-order valence-electron chi connectivity index (χ4n) is 2.16. The summed E-state index contributed by atoms with van der Waals surface area (Å²) in [5.74, 6) is 0.483. The van der Waals surface area contributed by atoms with Crippen LogP contribution >= 0.6 is 11.8 Å². The molecule has 0 aliphatic rings. The van der Waals surface area contributed by atoms with Crippen molar-refractivity contribution < 1.29 is 14.3 Å². The van der Waals surface area contributed by atoms with Gasteiger partial charge >= 0.3 is 5.97 Å². The number of nitrogens with one attached hydrogen (secondary N) is 1. The van der Waals surface area contributed by atoms with Gasteiger partial charge in [0.15, 0.2) is 5.16 Å². The van der Waals surface area contributed by atoms with Crippen LogP contribution in [0, 0.1) is 0 Å². The molecule has 1 heterocycles. The lowest BCUT2D eigenvalue weighted by Gasteiger charge is -2.01. The van der Waals surface area contributed by atoms with Crippen molar-refractivity contribution in [2.45, 2.75) is 17.0 Å². The molecule has 6 heteroatoms. The third-order valence-corrected chi connectivity index (χ3v) is 4.13. The quantitative estimate of drug-likeness (QED) is 0.720. The van der Waals surface area contributed by atoms with E-state index in [1.54, 1.807) is 12.1 Å². The number of carbonyl (C=O) groups is 1. The van der Waals surface area contributed by atoms with Crippen molar-refractivity contribution in [3.8, 4) is 5.75 Å². The highest BCUT2D eigenvalue weighted by atomic mass is 32.2. The summed E-state index contributed by atoms with van der Waals surface area (Å²) in [5, 5.41) is 0.791. The van der Waals surface area contributed by atoms with Crippen LogP contribution in [0.1, 0.15) is 17.3 Å². The highest BCUT2D eigenvalue weighted by Crippen LogP contribution is 2.28. The number of imidazole rings is 1. The average Bonchev–Trinajstić information content (AvgIpc) is 2.96. The van der Waals surface area contributed by atoms with Crippen molar-refractivity contribution in [3.63, 3.8) is 0 Å². The molecular weight excluding hydrogens is 312 g/mol. The highest BCUT2D eigenvalue weighted by molar-refractivity contribution is 7.99. The van der Waals surface area contributed by atoms with Gasteiger partial charge in [-0.15, -0.1) is 0 Å². The van der Waals surface area contributed by atoms with Crippen LogP contribution in [0.5, 0.6) is 5.75 Å². The predicted molar refractivity (Wildman–Crippen MR) is 89.2 cm³/mol. The molecule has 0 fully saturated rings. The van der Waals surface area contributed by atoms with Crippen molar-refractivity contribution in [1.82, 2.24) is 9.97 Å². The minimum Gasteiger partial charge on any atom is -0.494 e. The summed E-state index contributed by atoms with van der Waals surface area (Å²) in [4.78, 5) is 20.2. The van der Waals surface area contributed by atoms with Gasteiger partial charge in [-0.1, -0.05) is 11.8 Å². The van der Waals surface area contributed by atoms with Gasteiger partial charge in [0, 0.05) is 11.0 Å². The maximum atomic E-state index is 11.4. The molecule has 23 heavy (non-hydrogen) atoms. The molecular formula is C17H16N2O3S. The molecule has 0 unspecified atom stereocenters. The molecule has 0 spiro atoms. The number of hydrogen-bond acceptors (Lipinski definition) is 5. The lowest BCUT2D eigenvalue weighted by atomic mass is 10.2. The van der Waals surface area contributed by atoms with Gasteiger partial charge in [-0.2, -0.15) is 0 Å². The summed E-state index contributed by atoms with van der Waals surface area (Å²) in [5.41, 5.74) is 2.36. The fourth-order valence-corrected chi connectivity index (χ4v) is 2.96. The minimum absolute atomic E-state index is 0.339. The maximum Gasteiger partial charge on any atom is 0.337 e. The molecule has 2 aromatic carbocycles. The summed E-state index contributed by atoms with van der Waals surface area (Å²) in [6, 6.07) is 13.0. The molecule has 3 aromatic rings. The number of aromatic amines is 1. The van der Waals surface area contributed by atoms with Gasteiger partial charge < -0.3 is 14.5 Å². The molecule has 1 aromatic heterocycles. The molecule has 0 radical (unpaired) electrons. The van der Waals surface area contributed by atoms with Gasteiger partial charge in [0.25, 0.3) is 0 Å². The number of fused-ring (bicyclic) bond motifs is 1. The largest absolute Gasteiger partial charge is 0.494 e. The van der Waals surface area contributed by atoms with Gasteiger partial charge in [0.1, 0.15) is 5.75 Å². The summed E-state index contributed by atoms with van der Waals surface area (Å²) in [6.07, 6.45) is 0. The number of rotatable bonds is 5. The molecule has 0 saturated heterocycles. The molecule has 0 saturated carbocycles. The zero-order chi connectivity index (χ0) is 16.2. The Morgan fingerprint density at radius 2 is 2.00 bits per heavy atom. The SMILES string of the molecule is CCOc1ccc2nc(Sc3ccc(C(=O)OC)cc3)[nH]c2c1. The molecule has 0 amide bonds. The van der Waals surface area contributed by atoms with E-state index < -0.39 is 0 Å². The van der Waals surface area contributed by atoms with E-state index in [0.29, 0.717) is 12.2 Å². The van der Waals surface area contributed by atoms with Crippen molar-refractivity contribution in [2.75, 3.05) is 13.7 Å². The van der Waals surface area contributed by atoms with Crippen LogP contribution in [-0.4, -0.2) is 29.7 Å². The molecule has 1 N–H and O–H groups in total. The topological polar surface area (TPSA) is 64.2 Å². The lowest BCUT2D eigenvalue weighted by Crippen LogP contribution is -2.00. The van der Waals surface area contributed by atoms with Gasteiger partial charge in [0.05, 0.1) is 30.3 Å². The second kappa shape index (κ2) is 6.75. The molecule has 118 valence electrons.